The molecule has 1 N–H and O–H groups in total. The summed E-state index contributed by atoms with van der Waals surface area (Å²) in [4.78, 5) is 0. The van der Waals surface area contributed by atoms with Crippen LogP contribution in [0.25, 0.3) is 11.3 Å². The van der Waals surface area contributed by atoms with Gasteiger partial charge in [0, 0.05) is 24.7 Å². The van der Waals surface area contributed by atoms with E-state index in [9.17, 15) is 8.42 Å². The van der Waals surface area contributed by atoms with Crippen molar-refractivity contribution < 1.29 is 17.7 Å². The van der Waals surface area contributed by atoms with Gasteiger partial charge in [0.2, 0.25) is 0 Å². The molecular weight excluding hydrogens is 330 g/mol. The van der Waals surface area contributed by atoms with Crippen molar-refractivity contribution in [3.8, 4) is 17.1 Å². The molecule has 0 aliphatic carbocycles. The van der Waals surface area contributed by atoms with Crippen LogP contribution in [0.3, 0.4) is 0 Å². The van der Waals surface area contributed by atoms with Crippen LogP contribution in [0.2, 0.25) is 0 Å². The summed E-state index contributed by atoms with van der Waals surface area (Å²) in [6, 6.07) is 9.12. The lowest BCUT2D eigenvalue weighted by Crippen LogP contribution is -2.43. The fourth-order valence-corrected chi connectivity index (χ4v) is 3.90. The van der Waals surface area contributed by atoms with Crippen LogP contribution in [0.1, 0.15) is 25.0 Å². The van der Waals surface area contributed by atoms with Crippen LogP contribution in [0.15, 0.2) is 34.9 Å². The number of rotatable bonds is 6. The molecule has 2 heterocycles. The highest BCUT2D eigenvalue weighted by molar-refractivity contribution is 7.87. The van der Waals surface area contributed by atoms with Crippen molar-refractivity contribution in [2.45, 2.75) is 25.8 Å². The summed E-state index contributed by atoms with van der Waals surface area (Å²) in [6.45, 7) is 1.26. The van der Waals surface area contributed by atoms with Crippen LogP contribution in [0.4, 0.5) is 0 Å². The van der Waals surface area contributed by atoms with E-state index in [0.29, 0.717) is 24.5 Å². The summed E-state index contributed by atoms with van der Waals surface area (Å²) in [7, 11) is -1.85. The van der Waals surface area contributed by atoms with Gasteiger partial charge in [0.25, 0.3) is 10.2 Å². The van der Waals surface area contributed by atoms with E-state index in [-0.39, 0.29) is 6.54 Å². The Morgan fingerprint density at radius 1 is 1.21 bits per heavy atom. The Bertz CT molecular complexity index is 765. The number of ether oxygens (including phenoxy) is 1. The van der Waals surface area contributed by atoms with Crippen LogP contribution in [0, 0.1) is 0 Å². The summed E-state index contributed by atoms with van der Waals surface area (Å²) in [5, 5.41) is 3.93. The van der Waals surface area contributed by atoms with E-state index in [4.69, 9.17) is 9.26 Å². The van der Waals surface area contributed by atoms with Crippen LogP contribution < -0.4 is 9.46 Å². The number of benzene rings is 1. The van der Waals surface area contributed by atoms with Gasteiger partial charge in [0.05, 0.1) is 19.3 Å². The van der Waals surface area contributed by atoms with Gasteiger partial charge in [0.15, 0.2) is 5.76 Å². The molecule has 0 bridgehead atoms. The molecule has 130 valence electrons. The van der Waals surface area contributed by atoms with Crippen molar-refractivity contribution in [2.24, 2.45) is 0 Å². The van der Waals surface area contributed by atoms with Crippen molar-refractivity contribution in [1.29, 1.82) is 0 Å². The Balaban J connectivity index is 1.63. The minimum atomic E-state index is -3.46. The highest BCUT2D eigenvalue weighted by atomic mass is 32.2. The van der Waals surface area contributed by atoms with Crippen LogP contribution in [-0.4, -0.2) is 38.1 Å². The SMILES string of the molecule is COc1ccc(-c2cc(CNS(=O)(=O)N3CCCCC3)no2)cc1. The summed E-state index contributed by atoms with van der Waals surface area (Å²) in [5.41, 5.74) is 1.40. The van der Waals surface area contributed by atoms with Crippen molar-refractivity contribution in [3.63, 3.8) is 0 Å². The second-order valence-corrected chi connectivity index (χ2v) is 7.45. The van der Waals surface area contributed by atoms with E-state index in [1.807, 2.05) is 24.3 Å². The molecule has 0 saturated carbocycles. The Morgan fingerprint density at radius 2 is 1.92 bits per heavy atom. The van der Waals surface area contributed by atoms with Gasteiger partial charge in [-0.15, -0.1) is 0 Å². The number of hydrogen-bond donors (Lipinski definition) is 1. The number of methoxy groups -OCH3 is 1. The Labute approximate surface area is 141 Å². The first-order valence-electron chi connectivity index (χ1n) is 7.93. The van der Waals surface area contributed by atoms with Gasteiger partial charge in [-0.1, -0.05) is 11.6 Å². The molecule has 0 atom stereocenters. The minimum absolute atomic E-state index is 0.110. The molecule has 0 amide bonds. The fourth-order valence-electron chi connectivity index (χ4n) is 2.65. The van der Waals surface area contributed by atoms with E-state index in [1.54, 1.807) is 13.2 Å². The molecule has 0 spiro atoms. The van der Waals surface area contributed by atoms with Crippen LogP contribution in [-0.2, 0) is 16.8 Å². The van der Waals surface area contributed by atoms with Gasteiger partial charge < -0.3 is 9.26 Å². The molecule has 24 heavy (non-hydrogen) atoms. The molecule has 1 aromatic carbocycles. The molecule has 1 aromatic heterocycles. The molecular formula is C16H21N3O4S. The maximum atomic E-state index is 12.2. The molecule has 1 saturated heterocycles. The van der Waals surface area contributed by atoms with E-state index >= 15 is 0 Å². The second-order valence-electron chi connectivity index (χ2n) is 5.70. The normalized spacial score (nSPS) is 16.2. The van der Waals surface area contributed by atoms with Gasteiger partial charge in [-0.25, -0.2) is 0 Å². The van der Waals surface area contributed by atoms with Gasteiger partial charge in [-0.2, -0.15) is 17.4 Å². The average Bonchev–Trinajstić information content (AvgIpc) is 3.10. The first kappa shape index (κ1) is 16.9. The molecule has 0 unspecified atom stereocenters. The van der Waals surface area contributed by atoms with Crippen LogP contribution >= 0.6 is 0 Å². The Hall–Kier alpha value is -1.90. The Kier molecular flexibility index (Phi) is 5.17. The van der Waals surface area contributed by atoms with Gasteiger partial charge in [0.1, 0.15) is 5.75 Å². The second kappa shape index (κ2) is 7.33. The molecule has 7 nitrogen and oxygen atoms in total. The van der Waals surface area contributed by atoms with E-state index in [0.717, 1.165) is 30.6 Å². The smallest absolute Gasteiger partial charge is 0.279 e. The van der Waals surface area contributed by atoms with Crippen molar-refractivity contribution in [3.05, 3.63) is 36.0 Å². The van der Waals surface area contributed by atoms with E-state index in [2.05, 4.69) is 9.88 Å². The molecule has 8 heteroatoms. The number of piperidine rings is 1. The van der Waals surface area contributed by atoms with Gasteiger partial charge in [-0.05, 0) is 37.1 Å². The zero-order valence-corrected chi connectivity index (χ0v) is 14.4. The molecule has 3 rings (SSSR count). The maximum absolute atomic E-state index is 12.2. The van der Waals surface area contributed by atoms with Crippen molar-refractivity contribution in [1.82, 2.24) is 14.2 Å². The highest BCUT2D eigenvalue weighted by Crippen LogP contribution is 2.23. The molecule has 0 radical (unpaired) electrons. The fraction of sp³-hybridized carbons (Fsp3) is 0.438. The predicted molar refractivity (Wildman–Crippen MR) is 89.7 cm³/mol. The molecule has 1 fully saturated rings. The lowest BCUT2D eigenvalue weighted by molar-refractivity contribution is 0.341. The summed E-state index contributed by atoms with van der Waals surface area (Å²) in [6.07, 6.45) is 2.90. The van der Waals surface area contributed by atoms with Crippen LogP contribution in [0.5, 0.6) is 5.75 Å². The third-order valence-corrected chi connectivity index (χ3v) is 5.58. The first-order chi connectivity index (χ1) is 11.6. The standard InChI is InChI=1S/C16H21N3O4S/c1-22-15-7-5-13(6-8-15)16-11-14(18-23-16)12-17-24(20,21)19-9-3-2-4-10-19/h5-8,11,17H,2-4,9-10,12H2,1H3. The number of nitrogens with zero attached hydrogens (tertiary/aromatic N) is 2. The van der Waals surface area contributed by atoms with E-state index in [1.165, 1.54) is 4.31 Å². The quantitative estimate of drug-likeness (QED) is 0.862. The predicted octanol–water partition coefficient (Wildman–Crippen LogP) is 2.17. The lowest BCUT2D eigenvalue weighted by atomic mass is 10.1. The Morgan fingerprint density at radius 3 is 2.58 bits per heavy atom. The lowest BCUT2D eigenvalue weighted by Gasteiger charge is -2.25. The van der Waals surface area contributed by atoms with Gasteiger partial charge >= 0.3 is 0 Å². The molecule has 1 aliphatic heterocycles. The monoisotopic (exact) mass is 351 g/mol. The first-order valence-corrected chi connectivity index (χ1v) is 9.37. The average molecular weight is 351 g/mol. The highest BCUT2D eigenvalue weighted by Gasteiger charge is 2.23. The topological polar surface area (TPSA) is 84.7 Å². The maximum Gasteiger partial charge on any atom is 0.279 e. The zero-order chi connectivity index (χ0) is 17.0. The number of nitrogens with one attached hydrogen (secondary N) is 1. The summed E-state index contributed by atoms with van der Waals surface area (Å²) in [5.74, 6) is 1.35. The minimum Gasteiger partial charge on any atom is -0.497 e. The van der Waals surface area contributed by atoms with Gasteiger partial charge in [-0.3, -0.25) is 0 Å². The molecule has 2 aromatic rings. The zero-order valence-electron chi connectivity index (χ0n) is 13.6. The number of hydrogen-bond acceptors (Lipinski definition) is 5. The molecule has 1 aliphatic rings. The number of aromatic nitrogens is 1. The third-order valence-electron chi connectivity index (χ3n) is 4.02. The van der Waals surface area contributed by atoms with Crippen molar-refractivity contribution in [2.75, 3.05) is 20.2 Å². The van der Waals surface area contributed by atoms with E-state index < -0.39 is 10.2 Å². The van der Waals surface area contributed by atoms with Crippen molar-refractivity contribution >= 4 is 10.2 Å². The third kappa shape index (κ3) is 3.95. The summed E-state index contributed by atoms with van der Waals surface area (Å²) < 4.78 is 39.0. The largest absolute Gasteiger partial charge is 0.497 e. The summed E-state index contributed by atoms with van der Waals surface area (Å²) >= 11 is 0.